The lowest BCUT2D eigenvalue weighted by molar-refractivity contribution is -0.0395. The lowest BCUT2D eigenvalue weighted by atomic mass is 9.87. The molecule has 0 N–H and O–H groups in total. The van der Waals surface area contributed by atoms with Crippen molar-refractivity contribution in [2.24, 2.45) is 0 Å². The summed E-state index contributed by atoms with van der Waals surface area (Å²) >= 11 is 6.07. The first-order chi connectivity index (χ1) is 15.9. The Balaban J connectivity index is 1.21. The third kappa shape index (κ3) is 4.63. The van der Waals surface area contributed by atoms with Gasteiger partial charge in [-0.05, 0) is 69.2 Å². The van der Waals surface area contributed by atoms with E-state index in [1.165, 1.54) is 0 Å². The monoisotopic (exact) mass is 465 g/mol. The minimum atomic E-state index is -0.217. The number of hydrogen-bond donors (Lipinski definition) is 0. The van der Waals surface area contributed by atoms with Crippen molar-refractivity contribution in [3.63, 3.8) is 0 Å². The van der Waals surface area contributed by atoms with E-state index in [9.17, 15) is 4.79 Å². The van der Waals surface area contributed by atoms with Gasteiger partial charge in [0, 0.05) is 35.8 Å². The van der Waals surface area contributed by atoms with Crippen molar-refractivity contribution in [1.29, 1.82) is 0 Å². The third-order valence-electron chi connectivity index (χ3n) is 6.58. The molecule has 1 atom stereocenters. The van der Waals surface area contributed by atoms with Gasteiger partial charge in [-0.15, -0.1) is 0 Å². The smallest absolute Gasteiger partial charge is 0.253 e. The van der Waals surface area contributed by atoms with E-state index in [-0.39, 0.29) is 17.6 Å². The first kappa shape index (κ1) is 22.0. The number of aryl methyl sites for hydroxylation is 2. The fourth-order valence-electron chi connectivity index (χ4n) is 4.92. The van der Waals surface area contributed by atoms with E-state index >= 15 is 0 Å². The predicted octanol–water partition coefficient (Wildman–Crippen LogP) is 4.99. The summed E-state index contributed by atoms with van der Waals surface area (Å²) in [7, 11) is 0. The molecule has 3 aromatic rings. The molecule has 2 aromatic carbocycles. The summed E-state index contributed by atoms with van der Waals surface area (Å²) < 4.78 is 14.2. The Bertz CT molecular complexity index is 1170. The number of benzene rings is 2. The van der Waals surface area contributed by atoms with Crippen LogP contribution in [0.2, 0.25) is 5.02 Å². The summed E-state index contributed by atoms with van der Waals surface area (Å²) in [5.74, 6) is 0.821. The molecule has 1 aromatic heterocycles. The van der Waals surface area contributed by atoms with Crippen molar-refractivity contribution in [3.05, 3.63) is 76.6 Å². The SMILES string of the molecule is Cc1cc(C)n(-c2cccc(C(=O)N3CCC4(CC3)C[C@@H](Oc3cccc(Cl)c3)CO4)c2)n1. The second kappa shape index (κ2) is 8.84. The number of hydrogen-bond acceptors (Lipinski definition) is 4. The number of rotatable bonds is 4. The highest BCUT2D eigenvalue weighted by molar-refractivity contribution is 6.30. The van der Waals surface area contributed by atoms with Gasteiger partial charge in [-0.2, -0.15) is 5.10 Å². The summed E-state index contributed by atoms with van der Waals surface area (Å²) in [4.78, 5) is 15.2. The molecule has 0 unspecified atom stereocenters. The quantitative estimate of drug-likeness (QED) is 0.545. The van der Waals surface area contributed by atoms with E-state index in [0.29, 0.717) is 30.3 Å². The van der Waals surface area contributed by atoms with Gasteiger partial charge < -0.3 is 14.4 Å². The van der Waals surface area contributed by atoms with E-state index in [1.54, 1.807) is 0 Å². The topological polar surface area (TPSA) is 56.6 Å². The summed E-state index contributed by atoms with van der Waals surface area (Å²) in [5.41, 5.74) is 3.38. The molecule has 3 heterocycles. The van der Waals surface area contributed by atoms with Crippen molar-refractivity contribution in [2.45, 2.75) is 44.8 Å². The maximum atomic E-state index is 13.2. The number of nitrogens with zero attached hydrogens (tertiary/aromatic N) is 3. The Labute approximate surface area is 199 Å². The zero-order valence-electron chi connectivity index (χ0n) is 19.0. The molecule has 0 bridgehead atoms. The minimum absolute atomic E-state index is 0.00293. The second-order valence-corrected chi connectivity index (χ2v) is 9.51. The van der Waals surface area contributed by atoms with E-state index < -0.39 is 0 Å². The van der Waals surface area contributed by atoms with Crippen molar-refractivity contribution in [3.8, 4) is 11.4 Å². The molecule has 2 aliphatic rings. The van der Waals surface area contributed by atoms with Gasteiger partial charge >= 0.3 is 0 Å². The molecule has 0 saturated carbocycles. The number of piperidine rings is 1. The van der Waals surface area contributed by atoms with Crippen LogP contribution in [0.4, 0.5) is 0 Å². The Morgan fingerprint density at radius 3 is 2.64 bits per heavy atom. The molecule has 172 valence electrons. The van der Waals surface area contributed by atoms with Crippen LogP contribution < -0.4 is 4.74 Å². The van der Waals surface area contributed by atoms with Gasteiger partial charge in [0.1, 0.15) is 11.9 Å². The van der Waals surface area contributed by atoms with Crippen LogP contribution in [-0.2, 0) is 4.74 Å². The van der Waals surface area contributed by atoms with Gasteiger partial charge in [-0.1, -0.05) is 23.7 Å². The number of aromatic nitrogens is 2. The van der Waals surface area contributed by atoms with Crippen molar-refractivity contribution >= 4 is 17.5 Å². The van der Waals surface area contributed by atoms with Crippen LogP contribution in [0.5, 0.6) is 5.75 Å². The fourth-order valence-corrected chi connectivity index (χ4v) is 5.10. The molecule has 0 aliphatic carbocycles. The Morgan fingerprint density at radius 2 is 1.91 bits per heavy atom. The highest BCUT2D eigenvalue weighted by Gasteiger charge is 2.44. The number of carbonyl (C=O) groups is 1. The average molecular weight is 466 g/mol. The first-order valence-electron chi connectivity index (χ1n) is 11.4. The molecule has 1 amide bonds. The fraction of sp³-hybridized carbons (Fsp3) is 0.385. The van der Waals surface area contributed by atoms with Crippen LogP contribution >= 0.6 is 11.6 Å². The Morgan fingerprint density at radius 1 is 1.12 bits per heavy atom. The van der Waals surface area contributed by atoms with Gasteiger partial charge in [0.05, 0.1) is 23.6 Å². The summed E-state index contributed by atoms with van der Waals surface area (Å²) in [6.45, 7) is 5.89. The maximum absolute atomic E-state index is 13.2. The number of ether oxygens (including phenoxy) is 2. The summed E-state index contributed by atoms with van der Waals surface area (Å²) in [6.07, 6.45) is 2.45. The maximum Gasteiger partial charge on any atom is 0.253 e. The minimum Gasteiger partial charge on any atom is -0.488 e. The molecule has 1 spiro atoms. The van der Waals surface area contributed by atoms with Crippen molar-refractivity contribution < 1.29 is 14.3 Å². The lowest BCUT2D eigenvalue weighted by Gasteiger charge is -2.38. The molecular weight excluding hydrogens is 438 g/mol. The largest absolute Gasteiger partial charge is 0.488 e. The van der Waals surface area contributed by atoms with Gasteiger partial charge in [-0.25, -0.2) is 4.68 Å². The second-order valence-electron chi connectivity index (χ2n) is 9.08. The zero-order valence-corrected chi connectivity index (χ0v) is 19.7. The summed E-state index contributed by atoms with van der Waals surface area (Å²) in [5, 5.41) is 5.20. The number of amides is 1. The van der Waals surface area contributed by atoms with Gasteiger partial charge in [0.25, 0.3) is 5.91 Å². The van der Waals surface area contributed by atoms with Gasteiger partial charge in [0.15, 0.2) is 0 Å². The Hall–Kier alpha value is -2.83. The molecule has 2 saturated heterocycles. The van der Waals surface area contributed by atoms with Crippen molar-refractivity contribution in [2.75, 3.05) is 19.7 Å². The van der Waals surface area contributed by atoms with E-state index in [0.717, 1.165) is 42.1 Å². The molecule has 6 nitrogen and oxygen atoms in total. The van der Waals surface area contributed by atoms with Crippen LogP contribution in [0.1, 0.15) is 41.0 Å². The van der Waals surface area contributed by atoms with Crippen LogP contribution in [0, 0.1) is 13.8 Å². The first-order valence-corrected chi connectivity index (χ1v) is 11.8. The normalized spacial score (nSPS) is 19.7. The van der Waals surface area contributed by atoms with Gasteiger partial charge in [0.2, 0.25) is 0 Å². The molecule has 5 rings (SSSR count). The van der Waals surface area contributed by atoms with E-state index in [2.05, 4.69) is 5.10 Å². The predicted molar refractivity (Wildman–Crippen MR) is 127 cm³/mol. The van der Waals surface area contributed by atoms with Crippen LogP contribution in [0.15, 0.2) is 54.6 Å². The highest BCUT2D eigenvalue weighted by atomic mass is 35.5. The molecule has 0 radical (unpaired) electrons. The molecular formula is C26H28ClN3O3. The lowest BCUT2D eigenvalue weighted by Crippen LogP contribution is -2.46. The highest BCUT2D eigenvalue weighted by Crippen LogP contribution is 2.38. The number of halogens is 1. The number of likely N-dealkylation sites (tertiary alicyclic amines) is 1. The van der Waals surface area contributed by atoms with Crippen LogP contribution in [0.3, 0.4) is 0 Å². The van der Waals surface area contributed by atoms with Gasteiger partial charge in [-0.3, -0.25) is 4.79 Å². The third-order valence-corrected chi connectivity index (χ3v) is 6.82. The molecule has 2 aliphatic heterocycles. The number of carbonyl (C=O) groups excluding carboxylic acids is 1. The Kier molecular flexibility index (Phi) is 5.89. The standard InChI is InChI=1S/C26H28ClN3O3/c1-18-13-19(2)30(28-18)22-7-3-5-20(14-22)25(31)29-11-9-26(10-12-29)16-24(17-32-26)33-23-8-4-6-21(27)15-23/h3-8,13-15,24H,9-12,16-17H2,1-2H3/t24-/m1/s1. The molecule has 2 fully saturated rings. The van der Waals surface area contributed by atoms with Crippen molar-refractivity contribution in [1.82, 2.24) is 14.7 Å². The zero-order chi connectivity index (χ0) is 23.0. The summed E-state index contributed by atoms with van der Waals surface area (Å²) in [6, 6.07) is 17.2. The molecule has 7 heteroatoms. The van der Waals surface area contributed by atoms with Crippen LogP contribution in [0.25, 0.3) is 5.69 Å². The van der Waals surface area contributed by atoms with E-state index in [1.807, 2.05) is 78.0 Å². The van der Waals surface area contributed by atoms with E-state index in [4.69, 9.17) is 21.1 Å². The average Bonchev–Trinajstić information content (AvgIpc) is 3.35. The van der Waals surface area contributed by atoms with Crippen LogP contribution in [-0.4, -0.2) is 52.0 Å². The molecule has 33 heavy (non-hydrogen) atoms.